The maximum absolute atomic E-state index is 11.6. The molecule has 1 N–H and O–H groups in total. The van der Waals surface area contributed by atoms with Crippen LogP contribution in [0.3, 0.4) is 0 Å². The van der Waals surface area contributed by atoms with Crippen molar-refractivity contribution in [2.24, 2.45) is 0 Å². The van der Waals surface area contributed by atoms with E-state index in [-0.39, 0.29) is 17.0 Å². The summed E-state index contributed by atoms with van der Waals surface area (Å²) in [5.41, 5.74) is 2.71. The number of thioether (sulfide) groups is 1. The fourth-order valence-corrected chi connectivity index (χ4v) is 3.08. The zero-order chi connectivity index (χ0) is 14.8. The molecule has 0 bridgehead atoms. The number of amides is 1. The molecule has 2 aromatic rings. The molecule has 1 aromatic carbocycles. The predicted molar refractivity (Wildman–Crippen MR) is 81.0 cm³/mol. The first-order valence-electron chi connectivity index (χ1n) is 6.58. The third kappa shape index (κ3) is 2.95. The summed E-state index contributed by atoms with van der Waals surface area (Å²) in [5, 5.41) is 3.33. The van der Waals surface area contributed by atoms with Crippen LogP contribution in [0.15, 0.2) is 35.4 Å². The number of benzene rings is 1. The lowest BCUT2D eigenvalue weighted by Gasteiger charge is -2.18. The summed E-state index contributed by atoms with van der Waals surface area (Å²) in [6, 6.07) is 9.72. The quantitative estimate of drug-likeness (QED) is 0.863. The van der Waals surface area contributed by atoms with Gasteiger partial charge in [-0.1, -0.05) is 30.3 Å². The number of fused-ring (bicyclic) bond motifs is 1. The Labute approximate surface area is 126 Å². The summed E-state index contributed by atoms with van der Waals surface area (Å²) in [6.45, 7) is 1.41. The normalized spacial score (nSPS) is 13.7. The topological polar surface area (TPSA) is 72.0 Å². The van der Waals surface area contributed by atoms with Crippen LogP contribution in [0, 0.1) is 0 Å². The van der Waals surface area contributed by atoms with Crippen LogP contribution in [0.25, 0.3) is 11.3 Å². The molecule has 0 aliphatic carbocycles. The van der Waals surface area contributed by atoms with Gasteiger partial charge in [0, 0.05) is 24.5 Å². The third-order valence-corrected chi connectivity index (χ3v) is 4.06. The second-order valence-electron chi connectivity index (χ2n) is 4.70. The summed E-state index contributed by atoms with van der Waals surface area (Å²) >= 11 is 1.12. The first-order valence-corrected chi connectivity index (χ1v) is 7.40. The Kier molecular flexibility index (Phi) is 3.70. The molecule has 0 spiro atoms. The van der Waals surface area contributed by atoms with Crippen LogP contribution in [0.1, 0.15) is 18.9 Å². The summed E-state index contributed by atoms with van der Waals surface area (Å²) < 4.78 is 0. The zero-order valence-electron chi connectivity index (χ0n) is 11.4. The van der Waals surface area contributed by atoms with E-state index in [0.29, 0.717) is 17.9 Å². The number of hydrogen-bond acceptors (Lipinski definition) is 5. The lowest BCUT2D eigenvalue weighted by Crippen LogP contribution is -2.14. The molecule has 106 valence electrons. The molecule has 0 unspecified atom stereocenters. The van der Waals surface area contributed by atoms with Gasteiger partial charge in [0.1, 0.15) is 5.03 Å². The van der Waals surface area contributed by atoms with Crippen molar-refractivity contribution < 1.29 is 9.59 Å². The number of nitrogens with zero attached hydrogens (tertiary/aromatic N) is 2. The van der Waals surface area contributed by atoms with Crippen molar-refractivity contribution in [3.05, 3.63) is 35.9 Å². The molecule has 0 atom stereocenters. The summed E-state index contributed by atoms with van der Waals surface area (Å²) in [5.74, 6) is 0.00315. The Balaban J connectivity index is 2.15. The van der Waals surface area contributed by atoms with E-state index >= 15 is 0 Å². The van der Waals surface area contributed by atoms with Gasteiger partial charge in [-0.2, -0.15) is 0 Å². The maximum Gasteiger partial charge on any atom is 0.231 e. The van der Waals surface area contributed by atoms with Crippen LogP contribution in [0.5, 0.6) is 0 Å². The molecule has 2 heterocycles. The second-order valence-corrected chi connectivity index (χ2v) is 5.75. The van der Waals surface area contributed by atoms with E-state index in [1.807, 2.05) is 30.3 Å². The van der Waals surface area contributed by atoms with Crippen molar-refractivity contribution in [2.45, 2.75) is 24.8 Å². The number of aromatic nitrogens is 2. The average molecular weight is 299 g/mol. The molecule has 0 saturated carbocycles. The fourth-order valence-electron chi connectivity index (χ4n) is 2.21. The standard InChI is InChI=1S/C15H13N3O2S/c1-9(19)16-15-17-13(10-5-3-2-4-6-10)11-7-8-12(20)21-14(11)18-15/h2-6H,7-8H2,1H3,(H,16,17,18,19). The summed E-state index contributed by atoms with van der Waals surface area (Å²) in [4.78, 5) is 31.6. The third-order valence-electron chi connectivity index (χ3n) is 3.09. The molecule has 1 aromatic heterocycles. The van der Waals surface area contributed by atoms with Crippen molar-refractivity contribution >= 4 is 28.7 Å². The van der Waals surface area contributed by atoms with Gasteiger partial charge in [0.25, 0.3) is 0 Å². The van der Waals surface area contributed by atoms with E-state index in [4.69, 9.17) is 0 Å². The molecule has 3 rings (SSSR count). The van der Waals surface area contributed by atoms with Gasteiger partial charge in [-0.05, 0) is 18.2 Å². The van der Waals surface area contributed by atoms with Crippen molar-refractivity contribution in [2.75, 3.05) is 5.32 Å². The smallest absolute Gasteiger partial charge is 0.231 e. The van der Waals surface area contributed by atoms with Crippen LogP contribution < -0.4 is 5.32 Å². The first-order chi connectivity index (χ1) is 10.1. The van der Waals surface area contributed by atoms with E-state index in [9.17, 15) is 9.59 Å². The van der Waals surface area contributed by atoms with Gasteiger partial charge in [0.2, 0.25) is 11.9 Å². The lowest BCUT2D eigenvalue weighted by atomic mass is 10.0. The molecule has 6 heteroatoms. The molecule has 5 nitrogen and oxygen atoms in total. The minimum atomic E-state index is -0.235. The summed E-state index contributed by atoms with van der Waals surface area (Å²) in [7, 11) is 0. The number of nitrogens with one attached hydrogen (secondary N) is 1. The molecule has 0 radical (unpaired) electrons. The highest BCUT2D eigenvalue weighted by atomic mass is 32.2. The highest BCUT2D eigenvalue weighted by Gasteiger charge is 2.23. The lowest BCUT2D eigenvalue weighted by molar-refractivity contribution is -0.114. The molecule has 1 aliphatic heterocycles. The first kappa shape index (κ1) is 13.8. The number of hydrogen-bond donors (Lipinski definition) is 1. The van der Waals surface area contributed by atoms with E-state index in [2.05, 4.69) is 15.3 Å². The van der Waals surface area contributed by atoms with Crippen molar-refractivity contribution in [3.63, 3.8) is 0 Å². The maximum atomic E-state index is 11.6. The molecule has 21 heavy (non-hydrogen) atoms. The van der Waals surface area contributed by atoms with E-state index < -0.39 is 0 Å². The average Bonchev–Trinajstić information content (AvgIpc) is 2.46. The largest absolute Gasteiger partial charge is 0.295 e. The predicted octanol–water partition coefficient (Wildman–Crippen LogP) is 2.67. The van der Waals surface area contributed by atoms with Crippen LogP contribution >= 0.6 is 11.8 Å². The molecule has 1 amide bonds. The van der Waals surface area contributed by atoms with Crippen molar-refractivity contribution in [1.29, 1.82) is 0 Å². The fraction of sp³-hybridized carbons (Fsp3) is 0.200. The van der Waals surface area contributed by atoms with E-state index in [1.54, 1.807) is 0 Å². The van der Waals surface area contributed by atoms with Crippen LogP contribution in [0.2, 0.25) is 0 Å². The summed E-state index contributed by atoms with van der Waals surface area (Å²) in [6.07, 6.45) is 1.12. The van der Waals surface area contributed by atoms with E-state index in [1.165, 1.54) is 6.92 Å². The molecule has 1 aliphatic rings. The molecular weight excluding hydrogens is 286 g/mol. The van der Waals surface area contributed by atoms with Gasteiger partial charge in [0.05, 0.1) is 5.69 Å². The zero-order valence-corrected chi connectivity index (χ0v) is 12.2. The van der Waals surface area contributed by atoms with Gasteiger partial charge >= 0.3 is 0 Å². The van der Waals surface area contributed by atoms with Crippen LogP contribution in [0.4, 0.5) is 5.95 Å². The Morgan fingerprint density at radius 3 is 2.67 bits per heavy atom. The number of rotatable bonds is 2. The number of carbonyl (C=O) groups excluding carboxylic acids is 2. The monoisotopic (exact) mass is 299 g/mol. The van der Waals surface area contributed by atoms with Gasteiger partial charge in [-0.15, -0.1) is 0 Å². The van der Waals surface area contributed by atoms with E-state index in [0.717, 1.165) is 28.6 Å². The Morgan fingerprint density at radius 2 is 1.95 bits per heavy atom. The molecular formula is C15H13N3O2S. The SMILES string of the molecule is CC(=O)Nc1nc2c(c(-c3ccccc3)n1)CCC(=O)S2. The minimum absolute atomic E-state index is 0.0917. The molecule has 0 saturated heterocycles. The van der Waals surface area contributed by atoms with Gasteiger partial charge in [-0.3, -0.25) is 14.9 Å². The Morgan fingerprint density at radius 1 is 1.19 bits per heavy atom. The van der Waals surface area contributed by atoms with Crippen LogP contribution in [-0.4, -0.2) is 21.0 Å². The highest BCUT2D eigenvalue weighted by molar-refractivity contribution is 8.13. The van der Waals surface area contributed by atoms with Gasteiger partial charge in [-0.25, -0.2) is 9.97 Å². The highest BCUT2D eigenvalue weighted by Crippen LogP contribution is 2.36. The van der Waals surface area contributed by atoms with Gasteiger partial charge < -0.3 is 0 Å². The minimum Gasteiger partial charge on any atom is -0.295 e. The Hall–Kier alpha value is -2.21. The van der Waals surface area contributed by atoms with Crippen molar-refractivity contribution in [3.8, 4) is 11.3 Å². The van der Waals surface area contributed by atoms with Gasteiger partial charge in [0.15, 0.2) is 5.12 Å². The molecule has 0 fully saturated rings. The Bertz CT molecular complexity index is 716. The van der Waals surface area contributed by atoms with Crippen molar-refractivity contribution in [1.82, 2.24) is 9.97 Å². The number of anilines is 1. The second kappa shape index (κ2) is 5.65. The number of carbonyl (C=O) groups is 2. The van der Waals surface area contributed by atoms with Crippen LogP contribution in [-0.2, 0) is 16.0 Å².